The number of carbonyl (C=O) groups is 1. The van der Waals surface area contributed by atoms with Crippen molar-refractivity contribution < 1.29 is 18.3 Å². The van der Waals surface area contributed by atoms with E-state index in [9.17, 15) is 13.6 Å². The van der Waals surface area contributed by atoms with Crippen LogP contribution < -0.4 is 5.73 Å². The third-order valence-corrected chi connectivity index (χ3v) is 3.78. The normalized spacial score (nSPS) is 10.4. The number of nitrogens with two attached hydrogens (primary N) is 1. The molecule has 0 saturated heterocycles. The Morgan fingerprint density at radius 3 is 2.52 bits per heavy atom. The van der Waals surface area contributed by atoms with Crippen LogP contribution in [0.1, 0.15) is 17.3 Å². The number of rotatable bonds is 4. The first-order valence-corrected chi connectivity index (χ1v) is 7.02. The Morgan fingerprint density at radius 1 is 1.19 bits per heavy atom. The van der Waals surface area contributed by atoms with Crippen molar-refractivity contribution in [2.45, 2.75) is 16.7 Å². The second-order valence-electron chi connectivity index (χ2n) is 4.15. The number of halogens is 2. The zero-order valence-electron chi connectivity index (χ0n) is 11.2. The first kappa shape index (κ1) is 15.3. The fourth-order valence-corrected chi connectivity index (χ4v) is 2.50. The number of anilines is 1. The van der Waals surface area contributed by atoms with Gasteiger partial charge >= 0.3 is 5.97 Å². The summed E-state index contributed by atoms with van der Waals surface area (Å²) in [6.45, 7) is 1.98. The monoisotopic (exact) mass is 309 g/mol. The maximum Gasteiger partial charge on any atom is 0.338 e. The molecule has 0 aliphatic carbocycles. The average Bonchev–Trinajstić information content (AvgIpc) is 2.44. The molecule has 110 valence electrons. The maximum absolute atomic E-state index is 13.6. The fourth-order valence-electron chi connectivity index (χ4n) is 1.66. The first-order chi connectivity index (χ1) is 10.0. The van der Waals surface area contributed by atoms with Crippen LogP contribution in [0, 0.1) is 11.6 Å². The topological polar surface area (TPSA) is 52.3 Å². The van der Waals surface area contributed by atoms with Crippen LogP contribution in [-0.2, 0) is 4.74 Å². The minimum Gasteiger partial charge on any atom is -0.462 e. The molecule has 0 unspecified atom stereocenters. The van der Waals surface area contributed by atoms with Gasteiger partial charge in [-0.2, -0.15) is 0 Å². The van der Waals surface area contributed by atoms with Crippen LogP contribution in [-0.4, -0.2) is 12.6 Å². The Kier molecular flexibility index (Phi) is 4.80. The molecule has 2 rings (SSSR count). The van der Waals surface area contributed by atoms with E-state index in [0.717, 1.165) is 17.8 Å². The van der Waals surface area contributed by atoms with Gasteiger partial charge in [0, 0.05) is 21.5 Å². The third-order valence-electron chi connectivity index (χ3n) is 2.63. The lowest BCUT2D eigenvalue weighted by atomic mass is 10.2. The number of esters is 1. The van der Waals surface area contributed by atoms with E-state index >= 15 is 0 Å². The van der Waals surface area contributed by atoms with E-state index in [-0.39, 0.29) is 11.5 Å². The van der Waals surface area contributed by atoms with Crippen LogP contribution in [0.3, 0.4) is 0 Å². The summed E-state index contributed by atoms with van der Waals surface area (Å²) in [5.41, 5.74) is 6.52. The summed E-state index contributed by atoms with van der Waals surface area (Å²) in [6, 6.07) is 7.96. The van der Waals surface area contributed by atoms with Gasteiger partial charge in [-0.3, -0.25) is 0 Å². The second kappa shape index (κ2) is 6.58. The Hall–Kier alpha value is -2.08. The highest BCUT2D eigenvalue weighted by atomic mass is 32.2. The number of nitrogen functional groups attached to an aromatic ring is 1. The molecule has 0 atom stereocenters. The molecule has 0 saturated carbocycles. The highest BCUT2D eigenvalue weighted by Gasteiger charge is 2.11. The van der Waals surface area contributed by atoms with Gasteiger partial charge in [0.05, 0.1) is 12.2 Å². The van der Waals surface area contributed by atoms with E-state index in [1.165, 1.54) is 18.2 Å². The van der Waals surface area contributed by atoms with Crippen molar-refractivity contribution in [3.8, 4) is 0 Å². The molecule has 21 heavy (non-hydrogen) atoms. The SMILES string of the molecule is CCOC(=O)c1ccc(Sc2ccc(F)cc2F)c(N)c1. The van der Waals surface area contributed by atoms with Crippen molar-refractivity contribution in [1.29, 1.82) is 0 Å². The molecular weight excluding hydrogens is 296 g/mol. The lowest BCUT2D eigenvalue weighted by Crippen LogP contribution is -2.05. The third kappa shape index (κ3) is 3.72. The number of hydrogen-bond acceptors (Lipinski definition) is 4. The lowest BCUT2D eigenvalue weighted by Gasteiger charge is -2.08. The Balaban J connectivity index is 2.23. The van der Waals surface area contributed by atoms with Crippen molar-refractivity contribution >= 4 is 23.4 Å². The molecule has 0 aromatic heterocycles. The summed E-state index contributed by atoms with van der Waals surface area (Å²) in [5.74, 6) is -1.76. The molecule has 0 spiro atoms. The zero-order chi connectivity index (χ0) is 15.4. The molecule has 2 N–H and O–H groups in total. The summed E-state index contributed by atoms with van der Waals surface area (Å²) in [6.07, 6.45) is 0. The van der Waals surface area contributed by atoms with Crippen LogP contribution in [0.25, 0.3) is 0 Å². The van der Waals surface area contributed by atoms with Gasteiger partial charge in [0.1, 0.15) is 11.6 Å². The Labute approximate surface area is 125 Å². The van der Waals surface area contributed by atoms with Gasteiger partial charge in [-0.05, 0) is 37.3 Å². The van der Waals surface area contributed by atoms with E-state index < -0.39 is 17.6 Å². The van der Waals surface area contributed by atoms with Gasteiger partial charge in [0.2, 0.25) is 0 Å². The van der Waals surface area contributed by atoms with E-state index in [4.69, 9.17) is 10.5 Å². The van der Waals surface area contributed by atoms with Crippen molar-refractivity contribution in [3.05, 3.63) is 53.6 Å². The van der Waals surface area contributed by atoms with Crippen LogP contribution in [0.4, 0.5) is 14.5 Å². The van der Waals surface area contributed by atoms with Crippen LogP contribution in [0.2, 0.25) is 0 Å². The summed E-state index contributed by atoms with van der Waals surface area (Å²) in [4.78, 5) is 12.4. The number of ether oxygens (including phenoxy) is 1. The highest BCUT2D eigenvalue weighted by molar-refractivity contribution is 7.99. The quantitative estimate of drug-likeness (QED) is 0.688. The highest BCUT2D eigenvalue weighted by Crippen LogP contribution is 2.34. The van der Waals surface area contributed by atoms with Crippen molar-refractivity contribution in [1.82, 2.24) is 0 Å². The van der Waals surface area contributed by atoms with Crippen LogP contribution in [0.5, 0.6) is 0 Å². The van der Waals surface area contributed by atoms with Gasteiger partial charge in [0.15, 0.2) is 0 Å². The molecular formula is C15H13F2NO2S. The van der Waals surface area contributed by atoms with E-state index in [1.54, 1.807) is 19.1 Å². The predicted octanol–water partition coefficient (Wildman–Crippen LogP) is 3.87. The number of benzene rings is 2. The minimum absolute atomic E-state index is 0.256. The average molecular weight is 309 g/mol. The van der Waals surface area contributed by atoms with Gasteiger partial charge in [-0.15, -0.1) is 0 Å². The summed E-state index contributed by atoms with van der Waals surface area (Å²) in [5, 5.41) is 0. The number of hydrogen-bond donors (Lipinski definition) is 1. The zero-order valence-corrected chi connectivity index (χ0v) is 12.0. The maximum atomic E-state index is 13.6. The van der Waals surface area contributed by atoms with Crippen LogP contribution >= 0.6 is 11.8 Å². The molecule has 6 heteroatoms. The van der Waals surface area contributed by atoms with Crippen molar-refractivity contribution in [2.24, 2.45) is 0 Å². The van der Waals surface area contributed by atoms with E-state index in [0.29, 0.717) is 16.1 Å². The summed E-state index contributed by atoms with van der Waals surface area (Å²) >= 11 is 1.06. The molecule has 0 heterocycles. The molecule has 2 aromatic rings. The molecule has 0 aliphatic rings. The summed E-state index contributed by atoms with van der Waals surface area (Å²) < 4.78 is 31.3. The van der Waals surface area contributed by atoms with Crippen molar-refractivity contribution in [2.75, 3.05) is 12.3 Å². The smallest absolute Gasteiger partial charge is 0.338 e. The Morgan fingerprint density at radius 2 is 1.90 bits per heavy atom. The largest absolute Gasteiger partial charge is 0.462 e. The standard InChI is InChI=1S/C15H13F2NO2S/c1-2-20-15(19)9-3-5-14(12(18)7-9)21-13-6-4-10(16)8-11(13)17/h3-8H,2,18H2,1H3. The number of carbonyl (C=O) groups excluding carboxylic acids is 1. The van der Waals surface area contributed by atoms with Gasteiger partial charge in [-0.25, -0.2) is 13.6 Å². The Bertz CT molecular complexity index is 677. The minimum atomic E-state index is -0.658. The van der Waals surface area contributed by atoms with E-state index in [2.05, 4.69) is 0 Å². The molecule has 0 aliphatic heterocycles. The fraction of sp³-hybridized carbons (Fsp3) is 0.133. The van der Waals surface area contributed by atoms with Gasteiger partial charge in [-0.1, -0.05) is 11.8 Å². The molecule has 0 amide bonds. The molecule has 0 radical (unpaired) electrons. The second-order valence-corrected chi connectivity index (χ2v) is 5.23. The molecule has 2 aromatic carbocycles. The van der Waals surface area contributed by atoms with Crippen LogP contribution in [0.15, 0.2) is 46.2 Å². The molecule has 0 fully saturated rings. The predicted molar refractivity (Wildman–Crippen MR) is 77.3 cm³/mol. The first-order valence-electron chi connectivity index (χ1n) is 6.20. The molecule has 0 bridgehead atoms. The van der Waals surface area contributed by atoms with E-state index in [1.807, 2.05) is 0 Å². The molecule has 3 nitrogen and oxygen atoms in total. The summed E-state index contributed by atoms with van der Waals surface area (Å²) in [7, 11) is 0. The van der Waals surface area contributed by atoms with Crippen molar-refractivity contribution in [3.63, 3.8) is 0 Å². The lowest BCUT2D eigenvalue weighted by molar-refractivity contribution is 0.0526. The van der Waals surface area contributed by atoms with Gasteiger partial charge in [0.25, 0.3) is 0 Å². The van der Waals surface area contributed by atoms with Gasteiger partial charge < -0.3 is 10.5 Å².